The van der Waals surface area contributed by atoms with Crippen LogP contribution in [0.5, 0.6) is 5.75 Å². The molecule has 2 rings (SSSR count). The topological polar surface area (TPSA) is 100 Å². The van der Waals surface area contributed by atoms with Gasteiger partial charge in [-0.05, 0) is 50.1 Å². The van der Waals surface area contributed by atoms with E-state index >= 15 is 0 Å². The molecule has 1 heterocycles. The average molecular weight is 408 g/mol. The Labute approximate surface area is 173 Å². The molecule has 0 N–H and O–H groups in total. The number of ketones is 1. The van der Waals surface area contributed by atoms with Crippen LogP contribution in [-0.4, -0.2) is 25.0 Å². The van der Waals surface area contributed by atoms with Crippen LogP contribution in [0.3, 0.4) is 0 Å². The van der Waals surface area contributed by atoms with Crippen LogP contribution in [0.2, 0.25) is 0 Å². The van der Waals surface area contributed by atoms with E-state index in [0.29, 0.717) is 33.2 Å². The summed E-state index contributed by atoms with van der Waals surface area (Å²) in [5.41, 5.74) is 1.44. The summed E-state index contributed by atoms with van der Waals surface area (Å²) < 4.78 is 10.4. The third-order valence-corrected chi connectivity index (χ3v) is 5.31. The zero-order chi connectivity index (χ0) is 21.4. The quantitative estimate of drug-likeness (QED) is 0.368. The maximum atomic E-state index is 12.7. The summed E-state index contributed by atoms with van der Waals surface area (Å²) in [4.78, 5) is 25.5. The summed E-state index contributed by atoms with van der Waals surface area (Å²) in [5, 5.41) is 18.9. The Hall–Kier alpha value is -3.42. The van der Waals surface area contributed by atoms with Crippen molar-refractivity contribution < 1.29 is 19.1 Å². The molecule has 7 heteroatoms. The summed E-state index contributed by atoms with van der Waals surface area (Å²) in [6.45, 7) is 6.00. The molecule has 0 aliphatic carbocycles. The predicted octanol–water partition coefficient (Wildman–Crippen LogP) is 4.22. The van der Waals surface area contributed by atoms with Gasteiger partial charge in [-0.2, -0.15) is 10.5 Å². The predicted molar refractivity (Wildman–Crippen MR) is 110 cm³/mol. The van der Waals surface area contributed by atoms with Crippen LogP contribution >= 0.6 is 11.3 Å². The number of benzene rings is 1. The molecule has 0 bridgehead atoms. The molecule has 0 saturated heterocycles. The minimum absolute atomic E-state index is 0.0261. The minimum Gasteiger partial charge on any atom is -0.494 e. The molecule has 0 atom stereocenters. The number of allylic oxidation sites excluding steroid dienone is 1. The van der Waals surface area contributed by atoms with Gasteiger partial charge in [0.1, 0.15) is 22.8 Å². The lowest BCUT2D eigenvalue weighted by Crippen LogP contribution is -2.05. The molecule has 0 aliphatic rings. The van der Waals surface area contributed by atoms with Crippen LogP contribution < -0.4 is 4.74 Å². The van der Waals surface area contributed by atoms with E-state index < -0.39 is 11.8 Å². The summed E-state index contributed by atoms with van der Waals surface area (Å²) in [6.07, 6.45) is 1.36. The van der Waals surface area contributed by atoms with Crippen LogP contribution in [0.15, 0.2) is 29.8 Å². The van der Waals surface area contributed by atoms with Gasteiger partial charge in [-0.1, -0.05) is 12.1 Å². The maximum Gasteiger partial charge on any atom is 0.348 e. The van der Waals surface area contributed by atoms with Crippen LogP contribution in [0.1, 0.15) is 45.1 Å². The summed E-state index contributed by atoms with van der Waals surface area (Å²) in [7, 11) is 0. The fourth-order valence-corrected chi connectivity index (χ4v) is 3.79. The van der Waals surface area contributed by atoms with E-state index in [-0.39, 0.29) is 24.2 Å². The van der Waals surface area contributed by atoms with Crippen molar-refractivity contribution in [3.8, 4) is 17.9 Å². The molecule has 6 nitrogen and oxygen atoms in total. The van der Waals surface area contributed by atoms with Crippen LogP contribution in [-0.2, 0) is 16.0 Å². The van der Waals surface area contributed by atoms with E-state index in [4.69, 9.17) is 9.47 Å². The van der Waals surface area contributed by atoms with Gasteiger partial charge in [-0.15, -0.1) is 11.3 Å². The van der Waals surface area contributed by atoms with E-state index in [2.05, 4.69) is 0 Å². The van der Waals surface area contributed by atoms with Gasteiger partial charge in [0, 0.05) is 11.3 Å². The molecular formula is C22H20N2O4S. The van der Waals surface area contributed by atoms with Gasteiger partial charge in [-0.3, -0.25) is 4.79 Å². The number of nitriles is 2. The third kappa shape index (κ3) is 5.31. The summed E-state index contributed by atoms with van der Waals surface area (Å²) >= 11 is 1.06. The molecule has 1 aromatic heterocycles. The fourth-order valence-electron chi connectivity index (χ4n) is 2.65. The number of nitrogens with zero attached hydrogens (tertiary/aromatic N) is 2. The lowest BCUT2D eigenvalue weighted by Gasteiger charge is -2.03. The van der Waals surface area contributed by atoms with Crippen molar-refractivity contribution in [1.82, 2.24) is 0 Å². The standard InChI is InChI=1S/C22H20N2O4S/c1-4-27-17-8-6-15(7-9-17)10-16(12-23)19(25)11-20-18(13-24)14(3)21(29-20)22(26)28-5-2/h6-10H,4-5,11H2,1-3H3/b16-10+. The average Bonchev–Trinajstić information content (AvgIpc) is 3.02. The Morgan fingerprint density at radius 1 is 1.14 bits per heavy atom. The molecule has 1 aromatic carbocycles. The maximum absolute atomic E-state index is 12.7. The van der Waals surface area contributed by atoms with E-state index in [0.717, 1.165) is 11.3 Å². The molecular weight excluding hydrogens is 388 g/mol. The van der Waals surface area contributed by atoms with E-state index in [1.165, 1.54) is 6.08 Å². The second-order valence-electron chi connectivity index (χ2n) is 5.96. The first-order valence-corrected chi connectivity index (χ1v) is 9.84. The van der Waals surface area contributed by atoms with Crippen molar-refractivity contribution >= 4 is 29.2 Å². The highest BCUT2D eigenvalue weighted by molar-refractivity contribution is 7.14. The first-order valence-electron chi connectivity index (χ1n) is 9.02. The number of thiophene rings is 1. The molecule has 0 fully saturated rings. The van der Waals surface area contributed by atoms with E-state index in [9.17, 15) is 20.1 Å². The van der Waals surface area contributed by atoms with Crippen molar-refractivity contribution in [2.45, 2.75) is 27.2 Å². The van der Waals surface area contributed by atoms with Gasteiger partial charge >= 0.3 is 5.97 Å². The monoisotopic (exact) mass is 408 g/mol. The van der Waals surface area contributed by atoms with Gasteiger partial charge < -0.3 is 9.47 Å². The lowest BCUT2D eigenvalue weighted by molar-refractivity contribution is -0.114. The van der Waals surface area contributed by atoms with Gasteiger partial charge in [0.25, 0.3) is 0 Å². The van der Waals surface area contributed by atoms with Gasteiger partial charge in [0.15, 0.2) is 5.78 Å². The lowest BCUT2D eigenvalue weighted by atomic mass is 10.0. The van der Waals surface area contributed by atoms with Crippen LogP contribution in [0.4, 0.5) is 0 Å². The summed E-state index contributed by atoms with van der Waals surface area (Å²) in [6, 6.07) is 11.0. The van der Waals surface area contributed by atoms with Gasteiger partial charge in [-0.25, -0.2) is 4.79 Å². The second kappa shape index (κ2) is 10.2. The number of hydrogen-bond donors (Lipinski definition) is 0. The molecule has 0 amide bonds. The van der Waals surface area contributed by atoms with E-state index in [1.54, 1.807) is 38.1 Å². The number of esters is 1. The van der Waals surface area contributed by atoms with Crippen molar-refractivity contribution in [3.05, 3.63) is 56.3 Å². The zero-order valence-electron chi connectivity index (χ0n) is 16.4. The van der Waals surface area contributed by atoms with Crippen molar-refractivity contribution in [1.29, 1.82) is 10.5 Å². The molecule has 0 saturated carbocycles. The van der Waals surface area contributed by atoms with Gasteiger partial charge in [0.05, 0.1) is 24.4 Å². The molecule has 0 spiro atoms. The van der Waals surface area contributed by atoms with Crippen molar-refractivity contribution in [2.75, 3.05) is 13.2 Å². The largest absolute Gasteiger partial charge is 0.494 e. The number of Topliss-reactive ketones (excluding diaryl/α,β-unsaturated/α-hetero) is 1. The Morgan fingerprint density at radius 3 is 2.38 bits per heavy atom. The Bertz CT molecular complexity index is 1020. The van der Waals surface area contributed by atoms with E-state index in [1.807, 2.05) is 19.1 Å². The zero-order valence-corrected chi connectivity index (χ0v) is 17.3. The molecule has 0 aliphatic heterocycles. The second-order valence-corrected chi connectivity index (χ2v) is 7.06. The third-order valence-electron chi connectivity index (χ3n) is 4.04. The van der Waals surface area contributed by atoms with Crippen molar-refractivity contribution in [3.63, 3.8) is 0 Å². The smallest absolute Gasteiger partial charge is 0.348 e. The number of hydrogen-bond acceptors (Lipinski definition) is 7. The van der Waals surface area contributed by atoms with Crippen molar-refractivity contribution in [2.24, 2.45) is 0 Å². The van der Waals surface area contributed by atoms with Crippen LogP contribution in [0, 0.1) is 29.6 Å². The molecule has 29 heavy (non-hydrogen) atoms. The highest BCUT2D eigenvalue weighted by atomic mass is 32.1. The molecule has 2 aromatic rings. The fraction of sp³-hybridized carbons (Fsp3) is 0.273. The SMILES string of the molecule is CCOC(=O)c1sc(CC(=O)/C(C#N)=C/c2ccc(OCC)cc2)c(C#N)c1C. The van der Waals surface area contributed by atoms with Crippen LogP contribution in [0.25, 0.3) is 6.08 Å². The highest BCUT2D eigenvalue weighted by Gasteiger charge is 2.23. The first kappa shape index (κ1) is 21.9. The highest BCUT2D eigenvalue weighted by Crippen LogP contribution is 2.29. The number of ether oxygens (including phenoxy) is 2. The number of carbonyl (C=O) groups is 2. The normalized spacial score (nSPS) is 10.7. The Kier molecular flexibility index (Phi) is 7.70. The number of rotatable bonds is 8. The molecule has 0 radical (unpaired) electrons. The first-order chi connectivity index (χ1) is 13.9. The van der Waals surface area contributed by atoms with Gasteiger partial charge in [0.2, 0.25) is 0 Å². The Morgan fingerprint density at radius 2 is 1.83 bits per heavy atom. The molecule has 0 unspecified atom stereocenters. The minimum atomic E-state index is -0.518. The Balaban J connectivity index is 2.27. The summed E-state index contributed by atoms with van der Waals surface area (Å²) in [5.74, 6) is -0.237. The molecule has 148 valence electrons. The number of carbonyl (C=O) groups excluding carboxylic acids is 2.